The van der Waals surface area contributed by atoms with Gasteiger partial charge in [-0.25, -0.2) is 9.97 Å². The fourth-order valence-electron chi connectivity index (χ4n) is 3.02. The Morgan fingerprint density at radius 2 is 2.14 bits per heavy atom. The first-order valence-electron chi connectivity index (χ1n) is 7.25. The van der Waals surface area contributed by atoms with E-state index >= 15 is 0 Å². The Kier molecular flexibility index (Phi) is 3.57. The first-order valence-corrected chi connectivity index (χ1v) is 8.07. The van der Waals surface area contributed by atoms with E-state index in [0.29, 0.717) is 12.6 Å². The summed E-state index contributed by atoms with van der Waals surface area (Å²) in [6, 6.07) is 0.360. The smallest absolute Gasteiger partial charge is 0.222 e. The van der Waals surface area contributed by atoms with Gasteiger partial charge in [-0.05, 0) is 39.2 Å². The van der Waals surface area contributed by atoms with Gasteiger partial charge in [0.1, 0.15) is 17.0 Å². The summed E-state index contributed by atoms with van der Waals surface area (Å²) in [6.45, 7) is 7.05. The van der Waals surface area contributed by atoms with Gasteiger partial charge in [0.15, 0.2) is 0 Å². The quantitative estimate of drug-likeness (QED) is 0.924. The molecule has 21 heavy (non-hydrogen) atoms. The number of primary amides is 1. The van der Waals surface area contributed by atoms with Crippen molar-refractivity contribution in [3.63, 3.8) is 0 Å². The number of anilines is 1. The van der Waals surface area contributed by atoms with Crippen LogP contribution in [0.3, 0.4) is 0 Å². The maximum atomic E-state index is 11.5. The highest BCUT2D eigenvalue weighted by atomic mass is 32.1. The predicted octanol–water partition coefficient (Wildman–Crippen LogP) is 2.40. The highest BCUT2D eigenvalue weighted by molar-refractivity contribution is 7.18. The molecule has 2 N–H and O–H groups in total. The number of piperidine rings is 1. The maximum Gasteiger partial charge on any atom is 0.222 e. The molecule has 1 fully saturated rings. The number of aryl methyl sites for hydroxylation is 2. The predicted molar refractivity (Wildman–Crippen MR) is 85.6 cm³/mol. The van der Waals surface area contributed by atoms with Crippen LogP contribution in [-0.4, -0.2) is 28.5 Å². The fraction of sp³-hybridized carbons (Fsp3) is 0.533. The van der Waals surface area contributed by atoms with Gasteiger partial charge in [-0.3, -0.25) is 4.79 Å². The van der Waals surface area contributed by atoms with Crippen LogP contribution >= 0.6 is 11.3 Å². The van der Waals surface area contributed by atoms with Crippen LogP contribution in [0.25, 0.3) is 10.2 Å². The molecule has 2 atom stereocenters. The summed E-state index contributed by atoms with van der Waals surface area (Å²) in [7, 11) is 0. The molecule has 0 saturated carbocycles. The minimum atomic E-state index is -0.213. The van der Waals surface area contributed by atoms with E-state index in [2.05, 4.69) is 35.6 Å². The molecule has 1 aliphatic rings. The Balaban J connectivity index is 2.08. The molecule has 0 bridgehead atoms. The maximum absolute atomic E-state index is 11.5. The number of thiophene rings is 1. The van der Waals surface area contributed by atoms with E-state index in [1.807, 2.05) is 0 Å². The summed E-state index contributed by atoms with van der Waals surface area (Å²) < 4.78 is 0. The van der Waals surface area contributed by atoms with Crippen molar-refractivity contribution >= 4 is 33.3 Å². The number of rotatable bonds is 2. The van der Waals surface area contributed by atoms with Crippen molar-refractivity contribution < 1.29 is 4.79 Å². The van der Waals surface area contributed by atoms with E-state index in [4.69, 9.17) is 5.73 Å². The third-order valence-electron chi connectivity index (χ3n) is 4.50. The van der Waals surface area contributed by atoms with Crippen molar-refractivity contribution in [2.75, 3.05) is 11.4 Å². The van der Waals surface area contributed by atoms with Gasteiger partial charge in [0, 0.05) is 17.5 Å². The van der Waals surface area contributed by atoms with Crippen LogP contribution in [-0.2, 0) is 4.79 Å². The molecule has 3 rings (SSSR count). The standard InChI is InChI=1S/C15H20N4OS/c1-8-4-5-11(13(16)20)6-19(8)14-12-9(2)10(3)21-15(12)18-7-17-14/h7-8,11H,4-6H2,1-3H3,(H2,16,20)/t8-,11-/m0/s1. The van der Waals surface area contributed by atoms with Gasteiger partial charge in [-0.15, -0.1) is 11.3 Å². The number of hydrogen-bond donors (Lipinski definition) is 1. The van der Waals surface area contributed by atoms with E-state index in [1.165, 1.54) is 10.4 Å². The Hall–Kier alpha value is -1.69. The molecular weight excluding hydrogens is 284 g/mol. The molecule has 3 heterocycles. The molecule has 0 radical (unpaired) electrons. The van der Waals surface area contributed by atoms with E-state index in [9.17, 15) is 4.79 Å². The van der Waals surface area contributed by atoms with Crippen molar-refractivity contribution in [3.05, 3.63) is 16.8 Å². The van der Waals surface area contributed by atoms with Gasteiger partial charge in [0.05, 0.1) is 11.3 Å². The zero-order valence-electron chi connectivity index (χ0n) is 12.6. The van der Waals surface area contributed by atoms with E-state index in [-0.39, 0.29) is 11.8 Å². The van der Waals surface area contributed by atoms with Gasteiger partial charge in [-0.1, -0.05) is 0 Å². The molecule has 1 aliphatic heterocycles. The van der Waals surface area contributed by atoms with Gasteiger partial charge < -0.3 is 10.6 Å². The topological polar surface area (TPSA) is 72.1 Å². The lowest BCUT2D eigenvalue weighted by Crippen LogP contribution is -2.46. The Bertz CT molecular complexity index is 696. The zero-order valence-corrected chi connectivity index (χ0v) is 13.4. The number of hydrogen-bond acceptors (Lipinski definition) is 5. The number of carbonyl (C=O) groups excluding carboxylic acids is 1. The average Bonchev–Trinajstić information content (AvgIpc) is 2.74. The minimum Gasteiger partial charge on any atom is -0.369 e. The lowest BCUT2D eigenvalue weighted by molar-refractivity contribution is -0.122. The SMILES string of the molecule is Cc1sc2ncnc(N3C[C@@H](C(N)=O)CC[C@@H]3C)c2c1C. The highest BCUT2D eigenvalue weighted by Gasteiger charge is 2.31. The summed E-state index contributed by atoms with van der Waals surface area (Å²) in [5.41, 5.74) is 6.74. The molecule has 0 spiro atoms. The number of amides is 1. The van der Waals surface area contributed by atoms with Crippen LogP contribution in [0.15, 0.2) is 6.33 Å². The second-order valence-corrected chi connectivity index (χ2v) is 7.04. The fourth-order valence-corrected chi connectivity index (χ4v) is 4.01. The Labute approximate surface area is 128 Å². The third kappa shape index (κ3) is 2.37. The second kappa shape index (κ2) is 5.26. The molecule has 5 nitrogen and oxygen atoms in total. The van der Waals surface area contributed by atoms with Crippen molar-refractivity contribution in [3.8, 4) is 0 Å². The number of aromatic nitrogens is 2. The first kappa shape index (κ1) is 14.3. The summed E-state index contributed by atoms with van der Waals surface area (Å²) in [5, 5.41) is 1.12. The van der Waals surface area contributed by atoms with Crippen LogP contribution in [0.2, 0.25) is 0 Å². The Morgan fingerprint density at radius 3 is 2.86 bits per heavy atom. The lowest BCUT2D eigenvalue weighted by Gasteiger charge is -2.38. The first-order chi connectivity index (χ1) is 9.99. The molecule has 2 aromatic heterocycles. The van der Waals surface area contributed by atoms with Gasteiger partial charge >= 0.3 is 0 Å². The molecule has 112 valence electrons. The largest absolute Gasteiger partial charge is 0.369 e. The van der Waals surface area contributed by atoms with Crippen molar-refractivity contribution in [2.24, 2.45) is 11.7 Å². The number of nitrogens with zero attached hydrogens (tertiary/aromatic N) is 3. The second-order valence-electron chi connectivity index (χ2n) is 5.84. The molecule has 0 unspecified atom stereocenters. The molecular formula is C15H20N4OS. The van der Waals surface area contributed by atoms with Gasteiger partial charge in [0.25, 0.3) is 0 Å². The van der Waals surface area contributed by atoms with Crippen LogP contribution in [0, 0.1) is 19.8 Å². The van der Waals surface area contributed by atoms with E-state index < -0.39 is 0 Å². The van der Waals surface area contributed by atoms with Crippen LogP contribution in [0.5, 0.6) is 0 Å². The van der Waals surface area contributed by atoms with Gasteiger partial charge in [0.2, 0.25) is 5.91 Å². The van der Waals surface area contributed by atoms with Crippen molar-refractivity contribution in [2.45, 2.75) is 39.7 Å². The van der Waals surface area contributed by atoms with Gasteiger partial charge in [-0.2, -0.15) is 0 Å². The van der Waals surface area contributed by atoms with Crippen molar-refractivity contribution in [1.82, 2.24) is 9.97 Å². The number of carbonyl (C=O) groups is 1. The summed E-state index contributed by atoms with van der Waals surface area (Å²) in [5.74, 6) is 0.641. The highest BCUT2D eigenvalue weighted by Crippen LogP contribution is 2.37. The lowest BCUT2D eigenvalue weighted by atomic mass is 9.92. The summed E-state index contributed by atoms with van der Waals surface area (Å²) in [6.07, 6.45) is 3.44. The third-order valence-corrected chi connectivity index (χ3v) is 5.62. The molecule has 0 aromatic carbocycles. The molecule has 2 aromatic rings. The summed E-state index contributed by atoms with van der Waals surface area (Å²) >= 11 is 1.70. The minimum absolute atomic E-state index is 0.0914. The van der Waals surface area contributed by atoms with E-state index in [1.54, 1.807) is 17.7 Å². The average molecular weight is 304 g/mol. The summed E-state index contributed by atoms with van der Waals surface area (Å²) in [4.78, 5) is 25.0. The molecule has 1 amide bonds. The molecule has 0 aliphatic carbocycles. The van der Waals surface area contributed by atoms with Crippen LogP contribution < -0.4 is 10.6 Å². The zero-order chi connectivity index (χ0) is 15.1. The Morgan fingerprint density at radius 1 is 1.38 bits per heavy atom. The molecule has 6 heteroatoms. The number of fused-ring (bicyclic) bond motifs is 1. The van der Waals surface area contributed by atoms with Crippen LogP contribution in [0.1, 0.15) is 30.2 Å². The monoisotopic (exact) mass is 304 g/mol. The van der Waals surface area contributed by atoms with Crippen LogP contribution in [0.4, 0.5) is 5.82 Å². The number of nitrogens with two attached hydrogens (primary N) is 1. The molecule has 1 saturated heterocycles. The van der Waals surface area contributed by atoms with Crippen molar-refractivity contribution in [1.29, 1.82) is 0 Å². The van der Waals surface area contributed by atoms with E-state index in [0.717, 1.165) is 28.9 Å². The normalized spacial score (nSPS) is 22.7.